The smallest absolute Gasteiger partial charge is 0.101 e. The monoisotopic (exact) mass is 268 g/mol. The van der Waals surface area contributed by atoms with Gasteiger partial charge in [-0.3, -0.25) is 0 Å². The van der Waals surface area contributed by atoms with Crippen LogP contribution in [0, 0.1) is 0 Å². The maximum atomic E-state index is 6.50. The first kappa shape index (κ1) is 13.9. The van der Waals surface area contributed by atoms with Crippen LogP contribution in [-0.2, 0) is 22.3 Å². The summed E-state index contributed by atoms with van der Waals surface area (Å²) < 4.78 is 11.1. The van der Waals surface area contributed by atoms with Crippen molar-refractivity contribution in [3.8, 4) is 0 Å². The predicted molar refractivity (Wildman–Crippen MR) is 74.4 cm³/mol. The van der Waals surface area contributed by atoms with Gasteiger partial charge in [-0.15, -0.1) is 11.6 Å². The van der Waals surface area contributed by atoms with Crippen molar-refractivity contribution >= 4 is 11.6 Å². The summed E-state index contributed by atoms with van der Waals surface area (Å²) >= 11 is 6.50. The van der Waals surface area contributed by atoms with Crippen LogP contribution in [0.4, 0.5) is 0 Å². The SMILES string of the molecule is CCc1ccc(C(Cl)C2COCCO2)cc1CC. The Morgan fingerprint density at radius 3 is 2.61 bits per heavy atom. The Bertz CT molecular complexity index is 386. The fourth-order valence-electron chi connectivity index (χ4n) is 2.38. The van der Waals surface area contributed by atoms with Crippen molar-refractivity contribution in [1.82, 2.24) is 0 Å². The Labute approximate surface area is 114 Å². The molecule has 2 atom stereocenters. The van der Waals surface area contributed by atoms with E-state index >= 15 is 0 Å². The molecule has 0 amide bonds. The van der Waals surface area contributed by atoms with E-state index in [1.165, 1.54) is 11.1 Å². The van der Waals surface area contributed by atoms with E-state index in [1.54, 1.807) is 0 Å². The van der Waals surface area contributed by atoms with Crippen LogP contribution >= 0.6 is 11.6 Å². The van der Waals surface area contributed by atoms with Crippen LogP contribution in [0.2, 0.25) is 0 Å². The van der Waals surface area contributed by atoms with E-state index in [0.717, 1.165) is 18.4 Å². The fourth-order valence-corrected chi connectivity index (χ4v) is 2.66. The lowest BCUT2D eigenvalue weighted by molar-refractivity contribution is -0.0892. The van der Waals surface area contributed by atoms with Crippen molar-refractivity contribution < 1.29 is 9.47 Å². The molecule has 0 N–H and O–H groups in total. The van der Waals surface area contributed by atoms with Gasteiger partial charge in [-0.05, 0) is 29.5 Å². The van der Waals surface area contributed by atoms with E-state index in [1.807, 2.05) is 0 Å². The van der Waals surface area contributed by atoms with Crippen molar-refractivity contribution in [3.05, 3.63) is 34.9 Å². The number of hydrogen-bond acceptors (Lipinski definition) is 2. The minimum absolute atomic E-state index is 0.0300. The second kappa shape index (κ2) is 6.55. The standard InChI is InChI=1S/C15H21ClO2/c1-3-11-5-6-13(9-12(11)4-2)15(16)14-10-17-7-8-18-14/h5-6,9,14-15H,3-4,7-8,10H2,1-2H3. The van der Waals surface area contributed by atoms with Crippen molar-refractivity contribution in [1.29, 1.82) is 0 Å². The van der Waals surface area contributed by atoms with Gasteiger partial charge in [0.2, 0.25) is 0 Å². The second-order valence-electron chi connectivity index (χ2n) is 4.62. The lowest BCUT2D eigenvalue weighted by Crippen LogP contribution is -2.31. The molecule has 0 aliphatic carbocycles. The van der Waals surface area contributed by atoms with E-state index < -0.39 is 0 Å². The van der Waals surface area contributed by atoms with Crippen LogP contribution in [0.3, 0.4) is 0 Å². The van der Waals surface area contributed by atoms with Crippen LogP contribution in [0.25, 0.3) is 0 Å². The highest BCUT2D eigenvalue weighted by Crippen LogP contribution is 2.29. The van der Waals surface area contributed by atoms with Crippen molar-refractivity contribution in [3.63, 3.8) is 0 Å². The molecule has 0 aromatic heterocycles. The summed E-state index contributed by atoms with van der Waals surface area (Å²) in [5.41, 5.74) is 3.93. The Balaban J connectivity index is 2.16. The molecule has 1 saturated heterocycles. The molecule has 1 aromatic rings. The van der Waals surface area contributed by atoms with Gasteiger partial charge in [0.25, 0.3) is 0 Å². The minimum Gasteiger partial charge on any atom is -0.376 e. The number of rotatable bonds is 4. The summed E-state index contributed by atoms with van der Waals surface area (Å²) in [6.07, 6.45) is 2.08. The van der Waals surface area contributed by atoms with Gasteiger partial charge in [0, 0.05) is 0 Å². The maximum Gasteiger partial charge on any atom is 0.101 e. The number of benzene rings is 1. The Morgan fingerprint density at radius 2 is 2.00 bits per heavy atom. The molecule has 1 fully saturated rings. The first-order chi connectivity index (χ1) is 8.76. The number of halogens is 1. The van der Waals surface area contributed by atoms with Crippen LogP contribution in [0.15, 0.2) is 18.2 Å². The molecule has 1 heterocycles. The minimum atomic E-state index is -0.124. The van der Waals surface area contributed by atoms with Gasteiger partial charge < -0.3 is 9.47 Å². The largest absolute Gasteiger partial charge is 0.376 e. The molecular weight excluding hydrogens is 248 g/mol. The zero-order valence-corrected chi connectivity index (χ0v) is 11.9. The van der Waals surface area contributed by atoms with E-state index in [9.17, 15) is 0 Å². The van der Waals surface area contributed by atoms with Gasteiger partial charge in [-0.25, -0.2) is 0 Å². The summed E-state index contributed by atoms with van der Waals surface area (Å²) in [4.78, 5) is 0. The van der Waals surface area contributed by atoms with E-state index in [4.69, 9.17) is 21.1 Å². The van der Waals surface area contributed by atoms with Gasteiger partial charge in [-0.1, -0.05) is 32.0 Å². The first-order valence-corrected chi connectivity index (χ1v) is 7.15. The Kier molecular flexibility index (Phi) is 5.04. The molecule has 2 rings (SSSR count). The summed E-state index contributed by atoms with van der Waals surface area (Å²) in [6.45, 7) is 6.27. The highest BCUT2D eigenvalue weighted by atomic mass is 35.5. The zero-order valence-electron chi connectivity index (χ0n) is 11.1. The third kappa shape index (κ3) is 3.05. The number of aryl methyl sites for hydroxylation is 2. The predicted octanol–water partition coefficient (Wildman–Crippen LogP) is 3.51. The average Bonchev–Trinajstić information content (AvgIpc) is 2.46. The molecule has 3 heteroatoms. The van der Waals surface area contributed by atoms with Crippen LogP contribution < -0.4 is 0 Å². The third-order valence-electron chi connectivity index (χ3n) is 3.48. The number of hydrogen-bond donors (Lipinski definition) is 0. The van der Waals surface area contributed by atoms with Crippen molar-refractivity contribution in [2.45, 2.75) is 38.2 Å². The quantitative estimate of drug-likeness (QED) is 0.778. The lowest BCUT2D eigenvalue weighted by Gasteiger charge is -2.27. The molecular formula is C15H21ClO2. The molecule has 18 heavy (non-hydrogen) atoms. The second-order valence-corrected chi connectivity index (χ2v) is 5.09. The van der Waals surface area contributed by atoms with Crippen molar-refractivity contribution in [2.24, 2.45) is 0 Å². The van der Waals surface area contributed by atoms with Gasteiger partial charge in [0.1, 0.15) is 6.10 Å². The summed E-state index contributed by atoms with van der Waals surface area (Å²) in [5, 5.41) is -0.124. The average molecular weight is 269 g/mol. The molecule has 0 saturated carbocycles. The van der Waals surface area contributed by atoms with E-state index in [2.05, 4.69) is 32.0 Å². The van der Waals surface area contributed by atoms with Gasteiger partial charge >= 0.3 is 0 Å². The van der Waals surface area contributed by atoms with Gasteiger partial charge in [-0.2, -0.15) is 0 Å². The van der Waals surface area contributed by atoms with Crippen LogP contribution in [-0.4, -0.2) is 25.9 Å². The fraction of sp³-hybridized carbons (Fsp3) is 0.600. The highest BCUT2D eigenvalue weighted by molar-refractivity contribution is 6.21. The molecule has 1 aromatic carbocycles. The molecule has 2 unspecified atom stereocenters. The molecule has 0 bridgehead atoms. The van der Waals surface area contributed by atoms with Gasteiger partial charge in [0.15, 0.2) is 0 Å². The number of ether oxygens (including phenoxy) is 2. The molecule has 1 aliphatic heterocycles. The normalized spacial score (nSPS) is 21.8. The highest BCUT2D eigenvalue weighted by Gasteiger charge is 2.25. The molecule has 2 nitrogen and oxygen atoms in total. The van der Waals surface area contributed by atoms with Gasteiger partial charge in [0.05, 0.1) is 25.2 Å². The third-order valence-corrected chi connectivity index (χ3v) is 4.01. The number of alkyl halides is 1. The molecule has 1 aliphatic rings. The van der Waals surface area contributed by atoms with Crippen LogP contribution in [0.1, 0.15) is 35.9 Å². The molecule has 0 spiro atoms. The lowest BCUT2D eigenvalue weighted by atomic mass is 9.97. The Morgan fingerprint density at radius 1 is 1.22 bits per heavy atom. The zero-order chi connectivity index (χ0) is 13.0. The topological polar surface area (TPSA) is 18.5 Å². The van der Waals surface area contributed by atoms with Crippen LogP contribution in [0.5, 0.6) is 0 Å². The molecule has 100 valence electrons. The first-order valence-electron chi connectivity index (χ1n) is 6.71. The molecule has 0 radical (unpaired) electrons. The van der Waals surface area contributed by atoms with Crippen molar-refractivity contribution in [2.75, 3.05) is 19.8 Å². The Hall–Kier alpha value is -0.570. The summed E-state index contributed by atoms with van der Waals surface area (Å²) in [6, 6.07) is 6.52. The maximum absolute atomic E-state index is 6.50. The van der Waals surface area contributed by atoms with E-state index in [0.29, 0.717) is 19.8 Å². The van der Waals surface area contributed by atoms with E-state index in [-0.39, 0.29) is 11.5 Å². The summed E-state index contributed by atoms with van der Waals surface area (Å²) in [7, 11) is 0. The summed E-state index contributed by atoms with van der Waals surface area (Å²) in [5.74, 6) is 0.